The summed E-state index contributed by atoms with van der Waals surface area (Å²) in [6.45, 7) is 5.12. The van der Waals surface area contributed by atoms with Crippen LogP contribution in [0.5, 0.6) is 0 Å². The van der Waals surface area contributed by atoms with Crippen LogP contribution in [0.4, 0.5) is 0 Å². The van der Waals surface area contributed by atoms with Crippen molar-refractivity contribution in [2.45, 2.75) is 25.7 Å². The molecule has 1 rings (SSSR count). The smallest absolute Gasteiger partial charge is 0.00193 e. The van der Waals surface area contributed by atoms with Gasteiger partial charge in [0.05, 0.1) is 0 Å². The molecule has 2 nitrogen and oxygen atoms in total. The van der Waals surface area contributed by atoms with E-state index in [0.29, 0.717) is 0 Å². The van der Waals surface area contributed by atoms with Crippen LogP contribution in [0.25, 0.3) is 0 Å². The van der Waals surface area contributed by atoms with Crippen molar-refractivity contribution < 1.29 is 0 Å². The summed E-state index contributed by atoms with van der Waals surface area (Å²) in [4.78, 5) is 4.95. The van der Waals surface area contributed by atoms with Gasteiger partial charge < -0.3 is 9.80 Å². The maximum absolute atomic E-state index is 4.23. The average molecular weight is 230 g/mol. The van der Waals surface area contributed by atoms with Crippen LogP contribution >= 0.6 is 12.6 Å². The van der Waals surface area contributed by atoms with Crippen molar-refractivity contribution in [2.24, 2.45) is 5.92 Å². The van der Waals surface area contributed by atoms with Gasteiger partial charge in [-0.05, 0) is 58.1 Å². The topological polar surface area (TPSA) is 6.48 Å². The van der Waals surface area contributed by atoms with Crippen molar-refractivity contribution in [3.8, 4) is 0 Å². The molecule has 0 aromatic carbocycles. The Labute approximate surface area is 100 Å². The quantitative estimate of drug-likeness (QED) is 0.528. The third-order valence-corrected chi connectivity index (χ3v) is 3.57. The van der Waals surface area contributed by atoms with Crippen LogP contribution in [0.2, 0.25) is 0 Å². The van der Waals surface area contributed by atoms with Gasteiger partial charge in [-0.2, -0.15) is 12.6 Å². The van der Waals surface area contributed by atoms with Gasteiger partial charge in [-0.25, -0.2) is 0 Å². The van der Waals surface area contributed by atoms with Crippen LogP contribution in [0.1, 0.15) is 25.7 Å². The molecule has 0 spiro atoms. The van der Waals surface area contributed by atoms with E-state index in [1.165, 1.54) is 51.9 Å². The van der Waals surface area contributed by atoms with Crippen LogP contribution in [0.15, 0.2) is 0 Å². The Kier molecular flexibility index (Phi) is 6.69. The molecule has 0 N–H and O–H groups in total. The Bertz CT molecular complexity index is 164. The first kappa shape index (κ1) is 13.3. The zero-order valence-electron chi connectivity index (χ0n) is 10.3. The molecule has 1 saturated heterocycles. The van der Waals surface area contributed by atoms with E-state index in [2.05, 4.69) is 36.5 Å². The molecule has 1 heterocycles. The molecular formula is C12H26N2S. The summed E-state index contributed by atoms with van der Waals surface area (Å²) in [5, 5.41) is 0. The molecule has 0 aromatic rings. The zero-order chi connectivity index (χ0) is 11.1. The number of likely N-dealkylation sites (tertiary alicyclic amines) is 1. The molecule has 1 unspecified atom stereocenters. The Hall–Kier alpha value is 0.270. The Morgan fingerprint density at radius 2 is 2.13 bits per heavy atom. The Morgan fingerprint density at radius 1 is 1.33 bits per heavy atom. The van der Waals surface area contributed by atoms with Gasteiger partial charge in [0.15, 0.2) is 0 Å². The SMILES string of the molecule is CN(CCCCCS)CC1CCN(C)C1. The van der Waals surface area contributed by atoms with Crippen molar-refractivity contribution in [3.63, 3.8) is 0 Å². The number of nitrogens with zero attached hydrogens (tertiary/aromatic N) is 2. The molecule has 1 atom stereocenters. The first-order valence-corrected chi connectivity index (χ1v) is 6.83. The van der Waals surface area contributed by atoms with E-state index in [0.717, 1.165) is 11.7 Å². The molecule has 1 aliphatic heterocycles. The highest BCUT2D eigenvalue weighted by molar-refractivity contribution is 7.80. The molecular weight excluding hydrogens is 204 g/mol. The van der Waals surface area contributed by atoms with Gasteiger partial charge in [0, 0.05) is 13.1 Å². The standard InChI is InChI=1S/C12H26N2S/c1-13(7-4-3-5-9-15)10-12-6-8-14(2)11-12/h12,15H,3-11H2,1-2H3. The van der Waals surface area contributed by atoms with Crippen LogP contribution in [-0.2, 0) is 0 Å². The van der Waals surface area contributed by atoms with E-state index in [-0.39, 0.29) is 0 Å². The van der Waals surface area contributed by atoms with Crippen LogP contribution in [0.3, 0.4) is 0 Å². The second-order valence-electron chi connectivity index (χ2n) is 4.96. The third kappa shape index (κ3) is 5.79. The predicted molar refractivity (Wildman–Crippen MR) is 70.8 cm³/mol. The summed E-state index contributed by atoms with van der Waals surface area (Å²) in [5.74, 6) is 1.95. The molecule has 0 amide bonds. The normalized spacial score (nSPS) is 22.8. The fourth-order valence-electron chi connectivity index (χ4n) is 2.38. The number of rotatable bonds is 7. The maximum atomic E-state index is 4.23. The highest BCUT2D eigenvalue weighted by Gasteiger charge is 2.20. The molecule has 0 saturated carbocycles. The number of unbranched alkanes of at least 4 members (excludes halogenated alkanes) is 2. The summed E-state index contributed by atoms with van der Waals surface area (Å²) in [5.41, 5.74) is 0. The molecule has 1 aliphatic rings. The van der Waals surface area contributed by atoms with Crippen molar-refractivity contribution in [3.05, 3.63) is 0 Å². The second kappa shape index (κ2) is 7.53. The minimum Gasteiger partial charge on any atom is -0.306 e. The maximum Gasteiger partial charge on any atom is 0.00193 e. The Balaban J connectivity index is 2.00. The van der Waals surface area contributed by atoms with Crippen LogP contribution in [0, 0.1) is 5.92 Å². The molecule has 90 valence electrons. The molecule has 3 heteroatoms. The van der Waals surface area contributed by atoms with Gasteiger partial charge in [-0.1, -0.05) is 6.42 Å². The van der Waals surface area contributed by atoms with Gasteiger partial charge in [-0.3, -0.25) is 0 Å². The van der Waals surface area contributed by atoms with Crippen molar-refractivity contribution in [2.75, 3.05) is 46.0 Å². The molecule has 15 heavy (non-hydrogen) atoms. The van der Waals surface area contributed by atoms with E-state index in [4.69, 9.17) is 0 Å². The van der Waals surface area contributed by atoms with Gasteiger partial charge in [0.25, 0.3) is 0 Å². The van der Waals surface area contributed by atoms with Gasteiger partial charge in [0.2, 0.25) is 0 Å². The number of hydrogen-bond donors (Lipinski definition) is 1. The van der Waals surface area contributed by atoms with Gasteiger partial charge >= 0.3 is 0 Å². The third-order valence-electron chi connectivity index (χ3n) is 3.26. The fraction of sp³-hybridized carbons (Fsp3) is 1.00. The summed E-state index contributed by atoms with van der Waals surface area (Å²) in [7, 11) is 4.49. The van der Waals surface area contributed by atoms with Crippen LogP contribution < -0.4 is 0 Å². The highest BCUT2D eigenvalue weighted by Crippen LogP contribution is 2.15. The zero-order valence-corrected chi connectivity index (χ0v) is 11.2. The van der Waals surface area contributed by atoms with Gasteiger partial charge in [-0.15, -0.1) is 0 Å². The summed E-state index contributed by atoms with van der Waals surface area (Å²) in [6.07, 6.45) is 5.32. The molecule has 0 bridgehead atoms. The molecule has 0 aliphatic carbocycles. The first-order chi connectivity index (χ1) is 7.22. The molecule has 1 fully saturated rings. The minimum absolute atomic E-state index is 0.907. The van der Waals surface area contributed by atoms with E-state index >= 15 is 0 Å². The predicted octanol–water partition coefficient (Wildman–Crippen LogP) is 1.97. The molecule has 0 radical (unpaired) electrons. The highest BCUT2D eigenvalue weighted by atomic mass is 32.1. The summed E-state index contributed by atoms with van der Waals surface area (Å²) >= 11 is 4.23. The lowest BCUT2D eigenvalue weighted by Crippen LogP contribution is -2.28. The number of thiol groups is 1. The van der Waals surface area contributed by atoms with Crippen LogP contribution in [-0.4, -0.2) is 55.8 Å². The second-order valence-corrected chi connectivity index (χ2v) is 5.41. The fourth-order valence-corrected chi connectivity index (χ4v) is 2.60. The average Bonchev–Trinajstić information content (AvgIpc) is 2.59. The first-order valence-electron chi connectivity index (χ1n) is 6.20. The number of hydrogen-bond acceptors (Lipinski definition) is 3. The molecule has 0 aromatic heterocycles. The van der Waals surface area contributed by atoms with Gasteiger partial charge in [0.1, 0.15) is 0 Å². The van der Waals surface area contributed by atoms with E-state index < -0.39 is 0 Å². The lowest BCUT2D eigenvalue weighted by molar-refractivity contribution is 0.269. The van der Waals surface area contributed by atoms with Crippen molar-refractivity contribution in [1.29, 1.82) is 0 Å². The van der Waals surface area contributed by atoms with Crippen molar-refractivity contribution in [1.82, 2.24) is 9.80 Å². The monoisotopic (exact) mass is 230 g/mol. The Morgan fingerprint density at radius 3 is 2.73 bits per heavy atom. The summed E-state index contributed by atoms with van der Waals surface area (Å²) in [6, 6.07) is 0. The lowest BCUT2D eigenvalue weighted by atomic mass is 10.1. The summed E-state index contributed by atoms with van der Waals surface area (Å²) < 4.78 is 0. The lowest BCUT2D eigenvalue weighted by Gasteiger charge is -2.20. The van der Waals surface area contributed by atoms with Crippen molar-refractivity contribution >= 4 is 12.6 Å². The van der Waals surface area contributed by atoms with E-state index in [1.54, 1.807) is 0 Å². The van der Waals surface area contributed by atoms with E-state index in [1.807, 2.05) is 0 Å². The largest absolute Gasteiger partial charge is 0.306 e. The van der Waals surface area contributed by atoms with E-state index in [9.17, 15) is 0 Å². The minimum atomic E-state index is 0.907.